The maximum absolute atomic E-state index is 5.37. The zero-order valence-corrected chi connectivity index (χ0v) is 11.7. The second kappa shape index (κ2) is 6.68. The molecule has 106 valence electrons. The third-order valence-electron chi connectivity index (χ3n) is 3.76. The first-order valence-electron chi connectivity index (χ1n) is 7.29. The minimum Gasteiger partial charge on any atom is -0.379 e. The van der Waals surface area contributed by atoms with E-state index in [1.165, 1.54) is 24.2 Å². The summed E-state index contributed by atoms with van der Waals surface area (Å²) in [6.45, 7) is 5.09. The Hall–Kier alpha value is -1.65. The van der Waals surface area contributed by atoms with Gasteiger partial charge in [0, 0.05) is 31.2 Å². The molecule has 0 N–H and O–H groups in total. The van der Waals surface area contributed by atoms with Crippen LogP contribution in [0.1, 0.15) is 12.0 Å². The van der Waals surface area contributed by atoms with Gasteiger partial charge in [-0.3, -0.25) is 4.90 Å². The number of nitrogens with zero attached hydrogens (tertiary/aromatic N) is 3. The molecule has 4 nitrogen and oxygen atoms in total. The lowest BCUT2D eigenvalue weighted by Gasteiger charge is -2.26. The standard InChI is InChI=1S/C16H21N3O/c1-3-15(4-2-7-18-9-11-20-12-10-18)13-16(5-1)19-8-6-17-14-19/h1,3,5-6,8,13-14H,2,4,7,9-12H2. The first-order valence-corrected chi connectivity index (χ1v) is 7.29. The summed E-state index contributed by atoms with van der Waals surface area (Å²) < 4.78 is 7.42. The summed E-state index contributed by atoms with van der Waals surface area (Å²) in [7, 11) is 0. The Balaban J connectivity index is 1.53. The van der Waals surface area contributed by atoms with Crippen LogP contribution in [0.25, 0.3) is 5.69 Å². The van der Waals surface area contributed by atoms with Gasteiger partial charge in [0.05, 0.1) is 19.5 Å². The largest absolute Gasteiger partial charge is 0.379 e. The van der Waals surface area contributed by atoms with Crippen LogP contribution in [0.2, 0.25) is 0 Å². The molecule has 0 saturated carbocycles. The number of rotatable bonds is 5. The molecule has 4 heteroatoms. The van der Waals surface area contributed by atoms with Crippen LogP contribution in [-0.2, 0) is 11.2 Å². The lowest BCUT2D eigenvalue weighted by molar-refractivity contribution is 0.0375. The van der Waals surface area contributed by atoms with Gasteiger partial charge < -0.3 is 9.30 Å². The van der Waals surface area contributed by atoms with Gasteiger partial charge >= 0.3 is 0 Å². The first kappa shape index (κ1) is 13.3. The molecule has 0 spiro atoms. The normalized spacial score (nSPS) is 16.4. The average molecular weight is 271 g/mol. The Morgan fingerprint density at radius 3 is 2.90 bits per heavy atom. The van der Waals surface area contributed by atoms with Gasteiger partial charge in [-0.2, -0.15) is 0 Å². The highest BCUT2D eigenvalue weighted by Gasteiger charge is 2.09. The molecular weight excluding hydrogens is 250 g/mol. The fourth-order valence-corrected chi connectivity index (χ4v) is 2.62. The second-order valence-corrected chi connectivity index (χ2v) is 5.20. The zero-order valence-electron chi connectivity index (χ0n) is 11.7. The van der Waals surface area contributed by atoms with Gasteiger partial charge in [-0.1, -0.05) is 12.1 Å². The maximum atomic E-state index is 5.37. The van der Waals surface area contributed by atoms with Crippen molar-refractivity contribution >= 4 is 0 Å². The molecule has 0 bridgehead atoms. The van der Waals surface area contributed by atoms with E-state index in [9.17, 15) is 0 Å². The van der Waals surface area contributed by atoms with Gasteiger partial charge in [-0.25, -0.2) is 4.98 Å². The number of morpholine rings is 1. The number of benzene rings is 1. The Labute approximate surface area is 120 Å². The number of imidazole rings is 1. The van der Waals surface area contributed by atoms with E-state index in [1.807, 2.05) is 23.3 Å². The highest BCUT2D eigenvalue weighted by molar-refractivity contribution is 5.35. The Morgan fingerprint density at radius 1 is 1.20 bits per heavy atom. The molecule has 1 fully saturated rings. The Bertz CT molecular complexity index is 518. The molecule has 3 rings (SSSR count). The summed E-state index contributed by atoms with van der Waals surface area (Å²) in [4.78, 5) is 6.59. The SMILES string of the molecule is c1cc(CCCN2CCOCC2)cc(-n2ccnc2)c1. The van der Waals surface area contributed by atoms with Crippen LogP contribution in [0.5, 0.6) is 0 Å². The average Bonchev–Trinajstić information content (AvgIpc) is 3.03. The molecular formula is C16H21N3O. The molecule has 0 unspecified atom stereocenters. The molecule has 1 aromatic heterocycles. The van der Waals surface area contributed by atoms with Crippen LogP contribution in [0.4, 0.5) is 0 Å². The molecule has 1 saturated heterocycles. The number of aryl methyl sites for hydroxylation is 1. The van der Waals surface area contributed by atoms with Crippen LogP contribution in [-0.4, -0.2) is 47.3 Å². The third-order valence-corrected chi connectivity index (χ3v) is 3.76. The van der Waals surface area contributed by atoms with Crippen LogP contribution in [0.3, 0.4) is 0 Å². The van der Waals surface area contributed by atoms with Gasteiger partial charge in [-0.05, 0) is 37.1 Å². The minimum atomic E-state index is 0.885. The van der Waals surface area contributed by atoms with E-state index in [2.05, 4.69) is 34.1 Å². The van der Waals surface area contributed by atoms with Crippen molar-refractivity contribution in [2.75, 3.05) is 32.8 Å². The first-order chi connectivity index (χ1) is 9.92. The van der Waals surface area contributed by atoms with Crippen LogP contribution in [0.15, 0.2) is 43.0 Å². The van der Waals surface area contributed by atoms with E-state index >= 15 is 0 Å². The Kier molecular flexibility index (Phi) is 4.46. The summed E-state index contributed by atoms with van der Waals surface area (Å²) in [6, 6.07) is 8.70. The molecule has 1 aromatic carbocycles. The van der Waals surface area contributed by atoms with Crippen molar-refractivity contribution in [3.05, 3.63) is 48.5 Å². The predicted octanol–water partition coefficient (Wildman–Crippen LogP) is 2.14. The van der Waals surface area contributed by atoms with E-state index in [0.717, 1.165) is 32.7 Å². The van der Waals surface area contributed by atoms with Gasteiger partial charge in [0.1, 0.15) is 0 Å². The lowest BCUT2D eigenvalue weighted by atomic mass is 10.1. The summed E-state index contributed by atoms with van der Waals surface area (Å²) in [5.41, 5.74) is 2.58. The Morgan fingerprint density at radius 2 is 2.10 bits per heavy atom. The molecule has 0 atom stereocenters. The van der Waals surface area contributed by atoms with Crippen LogP contribution < -0.4 is 0 Å². The summed E-state index contributed by atoms with van der Waals surface area (Å²) in [5.74, 6) is 0. The molecule has 1 aliphatic heterocycles. The van der Waals surface area contributed by atoms with Gasteiger partial charge in [0.15, 0.2) is 0 Å². The van der Waals surface area contributed by atoms with E-state index in [4.69, 9.17) is 4.74 Å². The molecule has 1 aliphatic rings. The molecule has 2 aromatic rings. The van der Waals surface area contributed by atoms with Crippen molar-refractivity contribution < 1.29 is 4.74 Å². The highest BCUT2D eigenvalue weighted by atomic mass is 16.5. The van der Waals surface area contributed by atoms with Gasteiger partial charge in [0.2, 0.25) is 0 Å². The topological polar surface area (TPSA) is 30.3 Å². The van der Waals surface area contributed by atoms with Crippen molar-refractivity contribution in [3.8, 4) is 5.69 Å². The number of ether oxygens (including phenoxy) is 1. The van der Waals surface area contributed by atoms with Crippen molar-refractivity contribution in [2.24, 2.45) is 0 Å². The van der Waals surface area contributed by atoms with Crippen molar-refractivity contribution in [2.45, 2.75) is 12.8 Å². The molecule has 20 heavy (non-hydrogen) atoms. The molecule has 2 heterocycles. The number of hydrogen-bond acceptors (Lipinski definition) is 3. The quantitative estimate of drug-likeness (QED) is 0.834. The van der Waals surface area contributed by atoms with E-state index in [-0.39, 0.29) is 0 Å². The summed E-state index contributed by atoms with van der Waals surface area (Å²) in [5, 5.41) is 0. The number of hydrogen-bond donors (Lipinski definition) is 0. The van der Waals surface area contributed by atoms with Gasteiger partial charge in [-0.15, -0.1) is 0 Å². The summed E-state index contributed by atoms with van der Waals surface area (Å²) >= 11 is 0. The van der Waals surface area contributed by atoms with E-state index in [1.54, 1.807) is 0 Å². The fourth-order valence-electron chi connectivity index (χ4n) is 2.62. The van der Waals surface area contributed by atoms with Crippen molar-refractivity contribution in [1.29, 1.82) is 0 Å². The van der Waals surface area contributed by atoms with Crippen LogP contribution in [0, 0.1) is 0 Å². The monoisotopic (exact) mass is 271 g/mol. The van der Waals surface area contributed by atoms with Gasteiger partial charge in [0.25, 0.3) is 0 Å². The van der Waals surface area contributed by atoms with Crippen LogP contribution >= 0.6 is 0 Å². The maximum Gasteiger partial charge on any atom is 0.0991 e. The van der Waals surface area contributed by atoms with E-state index < -0.39 is 0 Å². The zero-order chi connectivity index (χ0) is 13.6. The van der Waals surface area contributed by atoms with Crippen molar-refractivity contribution in [3.63, 3.8) is 0 Å². The number of aromatic nitrogens is 2. The third kappa shape index (κ3) is 3.46. The second-order valence-electron chi connectivity index (χ2n) is 5.20. The molecule has 0 radical (unpaired) electrons. The molecule has 0 amide bonds. The smallest absolute Gasteiger partial charge is 0.0991 e. The van der Waals surface area contributed by atoms with E-state index in [0.29, 0.717) is 0 Å². The predicted molar refractivity (Wildman–Crippen MR) is 79.1 cm³/mol. The minimum absolute atomic E-state index is 0.885. The lowest BCUT2D eigenvalue weighted by Crippen LogP contribution is -2.36. The summed E-state index contributed by atoms with van der Waals surface area (Å²) in [6.07, 6.45) is 7.96. The fraction of sp³-hybridized carbons (Fsp3) is 0.438. The molecule has 0 aliphatic carbocycles. The highest BCUT2D eigenvalue weighted by Crippen LogP contribution is 2.12. The van der Waals surface area contributed by atoms with Crippen molar-refractivity contribution in [1.82, 2.24) is 14.5 Å².